The number of allylic oxidation sites excluding steroid dienone is 2. The minimum absolute atomic E-state index is 0.0877. The van der Waals surface area contributed by atoms with E-state index in [1.807, 2.05) is 6.92 Å². The predicted molar refractivity (Wildman–Crippen MR) is 85.2 cm³/mol. The summed E-state index contributed by atoms with van der Waals surface area (Å²) in [7, 11) is 0. The SMILES string of the molecule is CCCC1CC2C=C(C3CCC(OCC)CC3)C(F)C2C1F. The van der Waals surface area contributed by atoms with Crippen molar-refractivity contribution in [3.8, 4) is 0 Å². The molecule has 0 spiro atoms. The highest BCUT2D eigenvalue weighted by molar-refractivity contribution is 5.26. The lowest BCUT2D eigenvalue weighted by Crippen LogP contribution is -2.29. The van der Waals surface area contributed by atoms with E-state index in [2.05, 4.69) is 13.0 Å². The Balaban J connectivity index is 1.62. The minimum Gasteiger partial charge on any atom is -0.379 e. The molecular formula is C19H30F2O. The van der Waals surface area contributed by atoms with Gasteiger partial charge in [-0.1, -0.05) is 19.4 Å². The summed E-state index contributed by atoms with van der Waals surface area (Å²) in [5, 5.41) is 0. The second-order valence-electron chi connectivity index (χ2n) is 7.47. The Kier molecular flexibility index (Phi) is 5.21. The van der Waals surface area contributed by atoms with E-state index in [-0.39, 0.29) is 17.8 Å². The van der Waals surface area contributed by atoms with Gasteiger partial charge in [0.25, 0.3) is 0 Å². The number of fused-ring (bicyclic) bond motifs is 1. The van der Waals surface area contributed by atoms with Crippen molar-refractivity contribution in [3.63, 3.8) is 0 Å². The molecule has 0 heterocycles. The molecule has 1 nitrogen and oxygen atoms in total. The van der Waals surface area contributed by atoms with Gasteiger partial charge in [0.05, 0.1) is 6.10 Å². The molecule has 3 heteroatoms. The van der Waals surface area contributed by atoms with Crippen LogP contribution >= 0.6 is 0 Å². The van der Waals surface area contributed by atoms with E-state index < -0.39 is 12.3 Å². The highest BCUT2D eigenvalue weighted by Crippen LogP contribution is 2.52. The van der Waals surface area contributed by atoms with Crippen LogP contribution in [0.1, 0.15) is 58.8 Å². The summed E-state index contributed by atoms with van der Waals surface area (Å²) in [4.78, 5) is 0. The average molecular weight is 312 g/mol. The second-order valence-corrected chi connectivity index (χ2v) is 7.47. The first-order valence-electron chi connectivity index (χ1n) is 9.27. The Bertz CT molecular complexity index is 400. The molecule has 2 fully saturated rings. The van der Waals surface area contributed by atoms with Crippen molar-refractivity contribution in [2.24, 2.45) is 23.7 Å². The van der Waals surface area contributed by atoms with Crippen molar-refractivity contribution in [2.75, 3.05) is 6.61 Å². The van der Waals surface area contributed by atoms with Crippen LogP contribution in [0.25, 0.3) is 0 Å². The van der Waals surface area contributed by atoms with E-state index in [0.29, 0.717) is 12.0 Å². The van der Waals surface area contributed by atoms with Gasteiger partial charge in [-0.3, -0.25) is 0 Å². The van der Waals surface area contributed by atoms with Crippen molar-refractivity contribution >= 4 is 0 Å². The lowest BCUT2D eigenvalue weighted by atomic mass is 9.80. The molecule has 2 saturated carbocycles. The summed E-state index contributed by atoms with van der Waals surface area (Å²) >= 11 is 0. The summed E-state index contributed by atoms with van der Waals surface area (Å²) in [6, 6.07) is 0. The van der Waals surface area contributed by atoms with E-state index in [1.165, 1.54) is 0 Å². The van der Waals surface area contributed by atoms with Gasteiger partial charge in [-0.2, -0.15) is 0 Å². The monoisotopic (exact) mass is 312 g/mol. The number of alkyl halides is 2. The van der Waals surface area contributed by atoms with Gasteiger partial charge >= 0.3 is 0 Å². The third-order valence-electron chi connectivity index (χ3n) is 6.16. The van der Waals surface area contributed by atoms with Crippen molar-refractivity contribution in [2.45, 2.75) is 77.2 Å². The average Bonchev–Trinajstić information content (AvgIpc) is 2.99. The van der Waals surface area contributed by atoms with Crippen molar-refractivity contribution < 1.29 is 13.5 Å². The Morgan fingerprint density at radius 3 is 2.45 bits per heavy atom. The maximum atomic E-state index is 14.9. The van der Waals surface area contributed by atoms with Crippen LogP contribution < -0.4 is 0 Å². The van der Waals surface area contributed by atoms with E-state index in [0.717, 1.165) is 57.1 Å². The molecule has 0 N–H and O–H groups in total. The van der Waals surface area contributed by atoms with Crippen LogP contribution in [-0.2, 0) is 4.74 Å². The lowest BCUT2D eigenvalue weighted by molar-refractivity contribution is 0.0272. The number of halogens is 2. The fourth-order valence-electron chi connectivity index (χ4n) is 5.11. The van der Waals surface area contributed by atoms with Crippen LogP contribution in [0.2, 0.25) is 0 Å². The number of ether oxygens (including phenoxy) is 1. The first kappa shape index (κ1) is 16.4. The summed E-state index contributed by atoms with van der Waals surface area (Å²) in [5.74, 6) is 0.191. The smallest absolute Gasteiger partial charge is 0.128 e. The van der Waals surface area contributed by atoms with Gasteiger partial charge in [-0.15, -0.1) is 0 Å². The summed E-state index contributed by atoms with van der Waals surface area (Å²) in [6.45, 7) is 4.88. The van der Waals surface area contributed by atoms with Gasteiger partial charge in [-0.05, 0) is 68.8 Å². The Morgan fingerprint density at radius 1 is 1.14 bits per heavy atom. The molecule has 0 saturated heterocycles. The molecule has 0 radical (unpaired) electrons. The molecule has 0 bridgehead atoms. The van der Waals surface area contributed by atoms with Crippen LogP contribution in [0.5, 0.6) is 0 Å². The predicted octanol–water partition coefficient (Wildman–Crippen LogP) is 5.25. The van der Waals surface area contributed by atoms with Crippen molar-refractivity contribution in [1.29, 1.82) is 0 Å². The van der Waals surface area contributed by atoms with Gasteiger partial charge in [0.15, 0.2) is 0 Å². The van der Waals surface area contributed by atoms with Gasteiger partial charge < -0.3 is 4.74 Å². The number of hydrogen-bond donors (Lipinski definition) is 0. The van der Waals surface area contributed by atoms with Crippen LogP contribution in [-0.4, -0.2) is 25.1 Å². The van der Waals surface area contributed by atoms with Crippen LogP contribution in [0.4, 0.5) is 8.78 Å². The van der Waals surface area contributed by atoms with Gasteiger partial charge in [0, 0.05) is 12.5 Å². The fraction of sp³-hybridized carbons (Fsp3) is 0.895. The Morgan fingerprint density at radius 2 is 1.86 bits per heavy atom. The van der Waals surface area contributed by atoms with Crippen LogP contribution in [0, 0.1) is 23.7 Å². The fourth-order valence-corrected chi connectivity index (χ4v) is 5.11. The molecule has 3 aliphatic carbocycles. The highest BCUT2D eigenvalue weighted by Gasteiger charge is 2.52. The molecule has 3 rings (SSSR count). The molecule has 126 valence electrons. The molecule has 5 atom stereocenters. The van der Waals surface area contributed by atoms with E-state index in [1.54, 1.807) is 0 Å². The van der Waals surface area contributed by atoms with E-state index >= 15 is 0 Å². The first-order valence-corrected chi connectivity index (χ1v) is 9.27. The molecule has 0 aromatic carbocycles. The quantitative estimate of drug-likeness (QED) is 0.630. The molecule has 0 amide bonds. The Labute approximate surface area is 133 Å². The molecule has 0 aromatic heterocycles. The lowest BCUT2D eigenvalue weighted by Gasteiger charge is -2.31. The standard InChI is InChI=1S/C19H30F2O/c1-3-5-13-10-14-11-16(19(21)17(14)18(13)20)12-6-8-15(9-7-12)22-4-2/h11-15,17-19H,3-10H2,1-2H3. The van der Waals surface area contributed by atoms with Crippen LogP contribution in [0.15, 0.2) is 11.6 Å². The Hall–Kier alpha value is -0.440. The summed E-state index contributed by atoms with van der Waals surface area (Å²) < 4.78 is 35.2. The summed E-state index contributed by atoms with van der Waals surface area (Å²) in [6.07, 6.45) is 7.33. The zero-order chi connectivity index (χ0) is 15.7. The number of hydrogen-bond acceptors (Lipinski definition) is 1. The van der Waals surface area contributed by atoms with Crippen LogP contribution in [0.3, 0.4) is 0 Å². The molecule has 0 aliphatic heterocycles. The maximum absolute atomic E-state index is 14.9. The zero-order valence-corrected chi connectivity index (χ0v) is 13.9. The third kappa shape index (κ3) is 2.98. The molecule has 22 heavy (non-hydrogen) atoms. The second kappa shape index (κ2) is 6.98. The topological polar surface area (TPSA) is 9.23 Å². The maximum Gasteiger partial charge on any atom is 0.128 e. The highest BCUT2D eigenvalue weighted by atomic mass is 19.1. The number of rotatable bonds is 5. The largest absolute Gasteiger partial charge is 0.379 e. The normalized spacial score (nSPS) is 44.9. The molecule has 5 unspecified atom stereocenters. The third-order valence-corrected chi connectivity index (χ3v) is 6.16. The van der Waals surface area contributed by atoms with E-state index in [4.69, 9.17) is 4.74 Å². The van der Waals surface area contributed by atoms with Gasteiger partial charge in [-0.25, -0.2) is 8.78 Å². The summed E-state index contributed by atoms with van der Waals surface area (Å²) in [5.41, 5.74) is 0.933. The van der Waals surface area contributed by atoms with Gasteiger partial charge in [0.1, 0.15) is 12.3 Å². The molecule has 3 aliphatic rings. The first-order chi connectivity index (χ1) is 10.7. The van der Waals surface area contributed by atoms with Crippen molar-refractivity contribution in [1.82, 2.24) is 0 Å². The van der Waals surface area contributed by atoms with Gasteiger partial charge in [0.2, 0.25) is 0 Å². The zero-order valence-electron chi connectivity index (χ0n) is 13.9. The molecular weight excluding hydrogens is 282 g/mol. The molecule has 0 aromatic rings. The van der Waals surface area contributed by atoms with E-state index in [9.17, 15) is 8.78 Å². The van der Waals surface area contributed by atoms with Crippen molar-refractivity contribution in [3.05, 3.63) is 11.6 Å². The minimum atomic E-state index is -1.03.